The lowest BCUT2D eigenvalue weighted by molar-refractivity contribution is 0.408. The molecule has 2 heterocycles. The van der Waals surface area contributed by atoms with Crippen molar-refractivity contribution >= 4 is 28.9 Å². The standard InChI is InChI=1S/C20H19Cl2N5/c1-26(2)9-8-18-24-25-19-12-23-20(13-4-3-5-14(21)10-13)16-11-15(22)6-7-17(16)27(18)19/h3-7,10-11H,8-9,12H2,1-2H3. The largest absolute Gasteiger partial charge is 0.309 e. The highest BCUT2D eigenvalue weighted by atomic mass is 35.5. The first kappa shape index (κ1) is 18.2. The Bertz CT molecular complexity index is 1020. The number of rotatable bonds is 4. The molecule has 0 saturated carbocycles. The third-order valence-electron chi connectivity index (χ3n) is 4.51. The van der Waals surface area contributed by atoms with Crippen molar-refractivity contribution in [3.8, 4) is 5.69 Å². The number of hydrogen-bond donors (Lipinski definition) is 0. The Hall–Kier alpha value is -2.21. The normalized spacial score (nSPS) is 13.1. The van der Waals surface area contributed by atoms with Gasteiger partial charge in [0.05, 0.1) is 11.4 Å². The molecule has 0 fully saturated rings. The monoisotopic (exact) mass is 399 g/mol. The maximum atomic E-state index is 6.33. The summed E-state index contributed by atoms with van der Waals surface area (Å²) in [6.07, 6.45) is 0.800. The van der Waals surface area contributed by atoms with Crippen molar-refractivity contribution in [2.24, 2.45) is 4.99 Å². The topological polar surface area (TPSA) is 46.3 Å². The maximum absolute atomic E-state index is 6.33. The van der Waals surface area contributed by atoms with Crippen LogP contribution in [-0.4, -0.2) is 46.0 Å². The van der Waals surface area contributed by atoms with Gasteiger partial charge >= 0.3 is 0 Å². The van der Waals surface area contributed by atoms with Crippen LogP contribution < -0.4 is 0 Å². The Morgan fingerprint density at radius 2 is 1.85 bits per heavy atom. The predicted molar refractivity (Wildman–Crippen MR) is 109 cm³/mol. The molecule has 0 spiro atoms. The minimum Gasteiger partial charge on any atom is -0.309 e. The van der Waals surface area contributed by atoms with Crippen molar-refractivity contribution in [3.05, 3.63) is 75.3 Å². The van der Waals surface area contributed by atoms with E-state index in [9.17, 15) is 0 Å². The summed E-state index contributed by atoms with van der Waals surface area (Å²) >= 11 is 12.5. The molecule has 27 heavy (non-hydrogen) atoms. The van der Waals surface area contributed by atoms with Gasteiger partial charge in [0.1, 0.15) is 12.4 Å². The fourth-order valence-corrected chi connectivity index (χ4v) is 3.59. The Labute approximate surface area is 168 Å². The van der Waals surface area contributed by atoms with Crippen molar-refractivity contribution < 1.29 is 0 Å². The van der Waals surface area contributed by atoms with Crippen molar-refractivity contribution in [2.75, 3.05) is 20.6 Å². The Morgan fingerprint density at radius 3 is 2.63 bits per heavy atom. The summed E-state index contributed by atoms with van der Waals surface area (Å²) in [5, 5.41) is 10.1. The smallest absolute Gasteiger partial charge is 0.159 e. The van der Waals surface area contributed by atoms with Crippen molar-refractivity contribution in [2.45, 2.75) is 13.0 Å². The summed E-state index contributed by atoms with van der Waals surface area (Å²) in [6.45, 7) is 1.34. The van der Waals surface area contributed by atoms with Gasteiger partial charge in [-0.05, 0) is 44.4 Å². The van der Waals surface area contributed by atoms with E-state index in [0.29, 0.717) is 16.6 Å². The molecule has 0 saturated heterocycles. The first-order chi connectivity index (χ1) is 13.0. The van der Waals surface area contributed by atoms with Gasteiger partial charge in [0.15, 0.2) is 5.82 Å². The fourth-order valence-electron chi connectivity index (χ4n) is 3.23. The van der Waals surface area contributed by atoms with Crippen LogP contribution in [0, 0.1) is 0 Å². The van der Waals surface area contributed by atoms with Crippen LogP contribution in [0.15, 0.2) is 47.5 Å². The van der Waals surface area contributed by atoms with Crippen LogP contribution in [0.2, 0.25) is 10.0 Å². The third kappa shape index (κ3) is 3.63. The Balaban J connectivity index is 1.87. The third-order valence-corrected chi connectivity index (χ3v) is 4.98. The molecule has 0 N–H and O–H groups in total. The van der Waals surface area contributed by atoms with Crippen LogP contribution in [-0.2, 0) is 13.0 Å². The van der Waals surface area contributed by atoms with Gasteiger partial charge in [0.2, 0.25) is 0 Å². The van der Waals surface area contributed by atoms with Gasteiger partial charge in [0.25, 0.3) is 0 Å². The molecule has 5 nitrogen and oxygen atoms in total. The van der Waals surface area contributed by atoms with Crippen molar-refractivity contribution in [3.63, 3.8) is 0 Å². The minimum absolute atomic E-state index is 0.448. The van der Waals surface area contributed by atoms with Crippen molar-refractivity contribution in [1.82, 2.24) is 19.7 Å². The molecule has 0 radical (unpaired) electrons. The molecule has 4 rings (SSSR count). The molecule has 1 aliphatic rings. The lowest BCUT2D eigenvalue weighted by Gasteiger charge is -2.15. The summed E-state index contributed by atoms with van der Waals surface area (Å²) in [6, 6.07) is 13.6. The van der Waals surface area contributed by atoms with E-state index < -0.39 is 0 Å². The van der Waals surface area contributed by atoms with Gasteiger partial charge in [-0.2, -0.15) is 0 Å². The number of nitrogens with zero attached hydrogens (tertiary/aromatic N) is 5. The molecule has 0 unspecified atom stereocenters. The van der Waals surface area contributed by atoms with Gasteiger partial charge in [0, 0.05) is 34.1 Å². The van der Waals surface area contributed by atoms with Gasteiger partial charge < -0.3 is 4.90 Å². The molecular formula is C20H19Cl2N5. The Kier molecular flexibility index (Phi) is 5.00. The molecule has 7 heteroatoms. The molecule has 2 aromatic carbocycles. The second-order valence-electron chi connectivity index (χ2n) is 6.76. The van der Waals surface area contributed by atoms with Gasteiger partial charge in [-0.1, -0.05) is 35.3 Å². The number of hydrogen-bond acceptors (Lipinski definition) is 4. The van der Waals surface area contributed by atoms with E-state index in [1.807, 2.05) is 56.6 Å². The quantitative estimate of drug-likeness (QED) is 0.665. The van der Waals surface area contributed by atoms with Gasteiger partial charge in [-0.25, -0.2) is 0 Å². The number of likely N-dealkylation sites (N-methyl/N-ethyl adjacent to an activating group) is 1. The van der Waals surface area contributed by atoms with Crippen LogP contribution in [0.3, 0.4) is 0 Å². The van der Waals surface area contributed by atoms with Crippen LogP contribution in [0.1, 0.15) is 22.8 Å². The van der Waals surface area contributed by atoms with E-state index in [4.69, 9.17) is 28.2 Å². The molecule has 0 aliphatic carbocycles. The SMILES string of the molecule is CN(C)CCc1nnc2n1-c1ccc(Cl)cc1C(c1cccc(Cl)c1)=NC2. The lowest BCUT2D eigenvalue weighted by Crippen LogP contribution is -2.18. The highest BCUT2D eigenvalue weighted by Crippen LogP contribution is 2.29. The number of halogens is 2. The van der Waals surface area contributed by atoms with E-state index in [0.717, 1.165) is 47.1 Å². The van der Waals surface area contributed by atoms with E-state index in [1.54, 1.807) is 0 Å². The highest BCUT2D eigenvalue weighted by molar-refractivity contribution is 6.32. The maximum Gasteiger partial charge on any atom is 0.159 e. The second kappa shape index (κ2) is 7.43. The van der Waals surface area contributed by atoms with E-state index in [1.165, 1.54) is 0 Å². The summed E-state index contributed by atoms with van der Waals surface area (Å²) in [5.41, 5.74) is 3.76. The predicted octanol–water partition coefficient (Wildman–Crippen LogP) is 4.03. The van der Waals surface area contributed by atoms with Gasteiger partial charge in [-0.15, -0.1) is 10.2 Å². The Morgan fingerprint density at radius 1 is 1.04 bits per heavy atom. The molecule has 0 atom stereocenters. The number of benzene rings is 2. The van der Waals surface area contributed by atoms with Gasteiger partial charge in [-0.3, -0.25) is 9.56 Å². The zero-order valence-electron chi connectivity index (χ0n) is 15.2. The first-order valence-electron chi connectivity index (χ1n) is 8.71. The van der Waals surface area contributed by atoms with E-state index in [2.05, 4.69) is 19.7 Å². The molecule has 0 amide bonds. The van der Waals surface area contributed by atoms with Crippen LogP contribution in [0.4, 0.5) is 0 Å². The van der Waals surface area contributed by atoms with Crippen LogP contribution >= 0.6 is 23.2 Å². The molecule has 0 bridgehead atoms. The molecule has 138 valence electrons. The zero-order chi connectivity index (χ0) is 19.0. The molecular weight excluding hydrogens is 381 g/mol. The summed E-state index contributed by atoms with van der Waals surface area (Å²) in [4.78, 5) is 6.97. The molecule has 3 aromatic rings. The summed E-state index contributed by atoms with van der Waals surface area (Å²) in [5.74, 6) is 1.74. The zero-order valence-corrected chi connectivity index (χ0v) is 16.7. The average Bonchev–Trinajstić information content (AvgIpc) is 2.96. The fraction of sp³-hybridized carbons (Fsp3) is 0.250. The van der Waals surface area contributed by atoms with Crippen LogP contribution in [0.25, 0.3) is 5.69 Å². The molecule has 1 aliphatic heterocycles. The number of aliphatic imine (C=N–C) groups is 1. The van der Waals surface area contributed by atoms with Crippen LogP contribution in [0.5, 0.6) is 0 Å². The summed E-state index contributed by atoms with van der Waals surface area (Å²) in [7, 11) is 4.10. The van der Waals surface area contributed by atoms with Crippen molar-refractivity contribution in [1.29, 1.82) is 0 Å². The summed E-state index contributed by atoms with van der Waals surface area (Å²) < 4.78 is 2.11. The number of aromatic nitrogens is 3. The van der Waals surface area contributed by atoms with E-state index >= 15 is 0 Å². The second-order valence-corrected chi connectivity index (χ2v) is 7.63. The highest BCUT2D eigenvalue weighted by Gasteiger charge is 2.23. The first-order valence-corrected chi connectivity index (χ1v) is 9.47. The molecule has 1 aromatic heterocycles. The minimum atomic E-state index is 0.448. The number of fused-ring (bicyclic) bond motifs is 3. The lowest BCUT2D eigenvalue weighted by atomic mass is 10.0. The average molecular weight is 400 g/mol. The van der Waals surface area contributed by atoms with E-state index in [-0.39, 0.29) is 0 Å².